The molecule has 0 aromatic heterocycles. The van der Waals surface area contributed by atoms with Gasteiger partial charge in [0, 0.05) is 13.0 Å². The zero-order chi connectivity index (χ0) is 16.4. The van der Waals surface area contributed by atoms with Gasteiger partial charge in [0.05, 0.1) is 6.54 Å². The molecule has 3 amide bonds. The van der Waals surface area contributed by atoms with Crippen LogP contribution >= 0.6 is 0 Å². The Morgan fingerprint density at radius 1 is 1.30 bits per heavy atom. The van der Waals surface area contributed by atoms with E-state index >= 15 is 0 Å². The summed E-state index contributed by atoms with van der Waals surface area (Å²) < 4.78 is 10.6. The fraction of sp³-hybridized carbons (Fsp3) is 0.400. The van der Waals surface area contributed by atoms with Gasteiger partial charge in [0.1, 0.15) is 6.04 Å². The Bertz CT molecular complexity index is 661. The van der Waals surface area contributed by atoms with Crippen molar-refractivity contribution in [2.24, 2.45) is 5.73 Å². The highest BCUT2D eigenvalue weighted by Crippen LogP contribution is 2.33. The van der Waals surface area contributed by atoms with Crippen LogP contribution in [0.2, 0.25) is 0 Å². The van der Waals surface area contributed by atoms with Crippen molar-refractivity contribution in [3.8, 4) is 11.5 Å². The molecule has 0 bridgehead atoms. The Labute approximate surface area is 132 Å². The Hall–Kier alpha value is -2.77. The third-order valence-electron chi connectivity index (χ3n) is 3.86. The fourth-order valence-corrected chi connectivity index (χ4v) is 2.73. The zero-order valence-electron chi connectivity index (χ0n) is 12.4. The average molecular weight is 319 g/mol. The zero-order valence-corrected chi connectivity index (χ0v) is 12.4. The molecular weight excluding hydrogens is 302 g/mol. The van der Waals surface area contributed by atoms with Gasteiger partial charge in [-0.25, -0.2) is 0 Å². The van der Waals surface area contributed by atoms with Gasteiger partial charge in [-0.15, -0.1) is 0 Å². The summed E-state index contributed by atoms with van der Waals surface area (Å²) in [6.07, 6.45) is 0.729. The second kappa shape index (κ2) is 6.15. The number of hydrogen-bond donors (Lipinski definition) is 2. The van der Waals surface area contributed by atoms with Crippen LogP contribution in [-0.4, -0.2) is 42.0 Å². The molecule has 3 N–H and O–H groups in total. The maximum Gasteiger partial charge on any atom is 0.243 e. The van der Waals surface area contributed by atoms with Crippen molar-refractivity contribution in [1.82, 2.24) is 10.2 Å². The molecule has 1 saturated heterocycles. The van der Waals surface area contributed by atoms with E-state index in [1.54, 1.807) is 12.1 Å². The van der Waals surface area contributed by atoms with E-state index in [-0.39, 0.29) is 25.2 Å². The maximum absolute atomic E-state index is 12.1. The molecule has 23 heavy (non-hydrogen) atoms. The number of amides is 3. The summed E-state index contributed by atoms with van der Waals surface area (Å²) >= 11 is 0. The minimum Gasteiger partial charge on any atom is -0.454 e. The third kappa shape index (κ3) is 3.20. The largest absolute Gasteiger partial charge is 0.454 e. The van der Waals surface area contributed by atoms with Crippen LogP contribution in [0.3, 0.4) is 0 Å². The third-order valence-corrected chi connectivity index (χ3v) is 3.86. The highest BCUT2D eigenvalue weighted by Gasteiger charge is 2.36. The Morgan fingerprint density at radius 2 is 2.09 bits per heavy atom. The van der Waals surface area contributed by atoms with Crippen LogP contribution in [-0.2, 0) is 20.9 Å². The highest BCUT2D eigenvalue weighted by atomic mass is 16.7. The van der Waals surface area contributed by atoms with Gasteiger partial charge < -0.3 is 25.4 Å². The van der Waals surface area contributed by atoms with E-state index < -0.39 is 11.9 Å². The molecule has 3 rings (SSSR count). The van der Waals surface area contributed by atoms with Crippen LogP contribution in [0.1, 0.15) is 18.4 Å². The first kappa shape index (κ1) is 15.1. The number of nitrogens with two attached hydrogens (primary N) is 1. The quantitative estimate of drug-likeness (QED) is 0.760. The van der Waals surface area contributed by atoms with Crippen LogP contribution in [0, 0.1) is 0 Å². The molecule has 0 aliphatic carbocycles. The number of fused-ring (bicyclic) bond motifs is 1. The van der Waals surface area contributed by atoms with Gasteiger partial charge in [0.2, 0.25) is 24.5 Å². The molecule has 0 spiro atoms. The van der Waals surface area contributed by atoms with E-state index in [2.05, 4.69) is 5.32 Å². The number of rotatable bonds is 5. The first-order valence-corrected chi connectivity index (χ1v) is 7.28. The molecule has 1 atom stereocenters. The number of carbonyl (C=O) groups excluding carboxylic acids is 3. The number of nitrogens with zero attached hydrogens (tertiary/aromatic N) is 1. The molecule has 1 fully saturated rings. The topological polar surface area (TPSA) is 111 Å². The maximum atomic E-state index is 12.1. The SMILES string of the molecule is NC(=O)CNC(=O)C1CCC(=O)N1Cc1ccc2c(c1)OCO2. The minimum atomic E-state index is -0.620. The molecule has 1 aromatic rings. The van der Waals surface area contributed by atoms with Crippen LogP contribution in [0.5, 0.6) is 11.5 Å². The Kier molecular flexibility index (Phi) is 4.05. The van der Waals surface area contributed by atoms with Gasteiger partial charge in [0.25, 0.3) is 0 Å². The van der Waals surface area contributed by atoms with Crippen molar-refractivity contribution in [3.63, 3.8) is 0 Å². The lowest BCUT2D eigenvalue weighted by molar-refractivity contribution is -0.136. The highest BCUT2D eigenvalue weighted by molar-refractivity contribution is 5.92. The van der Waals surface area contributed by atoms with Crippen molar-refractivity contribution in [2.75, 3.05) is 13.3 Å². The normalized spacial score (nSPS) is 19.0. The first-order valence-electron chi connectivity index (χ1n) is 7.28. The molecule has 0 radical (unpaired) electrons. The summed E-state index contributed by atoms with van der Waals surface area (Å²) in [5.41, 5.74) is 5.86. The van der Waals surface area contributed by atoms with Crippen LogP contribution in [0.15, 0.2) is 18.2 Å². The Morgan fingerprint density at radius 3 is 2.87 bits per heavy atom. The van der Waals surface area contributed by atoms with E-state index in [0.717, 1.165) is 5.56 Å². The van der Waals surface area contributed by atoms with Gasteiger partial charge in [0.15, 0.2) is 11.5 Å². The molecule has 8 nitrogen and oxygen atoms in total. The van der Waals surface area contributed by atoms with Crippen LogP contribution < -0.4 is 20.5 Å². The first-order chi connectivity index (χ1) is 11.0. The number of carbonyl (C=O) groups is 3. The van der Waals surface area contributed by atoms with Crippen molar-refractivity contribution in [2.45, 2.75) is 25.4 Å². The molecule has 2 heterocycles. The van der Waals surface area contributed by atoms with Crippen LogP contribution in [0.25, 0.3) is 0 Å². The average Bonchev–Trinajstić information content (AvgIpc) is 3.12. The number of likely N-dealkylation sites (tertiary alicyclic amines) is 1. The van der Waals surface area contributed by atoms with Gasteiger partial charge in [-0.2, -0.15) is 0 Å². The summed E-state index contributed by atoms with van der Waals surface area (Å²) in [5.74, 6) is 0.211. The van der Waals surface area contributed by atoms with Crippen molar-refractivity contribution < 1.29 is 23.9 Å². The Balaban J connectivity index is 1.70. The predicted molar refractivity (Wildman–Crippen MR) is 78.3 cm³/mol. The smallest absolute Gasteiger partial charge is 0.243 e. The molecule has 1 aromatic carbocycles. The standard InChI is InChI=1S/C15H17N3O5/c16-13(19)6-17-15(21)10-2-4-14(20)18(10)7-9-1-3-11-12(5-9)23-8-22-11/h1,3,5,10H,2,4,6-8H2,(H2,16,19)(H,17,21). The van der Waals surface area contributed by atoms with Gasteiger partial charge >= 0.3 is 0 Å². The number of hydrogen-bond acceptors (Lipinski definition) is 5. The van der Waals surface area contributed by atoms with E-state index in [1.807, 2.05) is 6.07 Å². The molecule has 1 unspecified atom stereocenters. The van der Waals surface area contributed by atoms with Gasteiger partial charge in [-0.1, -0.05) is 6.07 Å². The summed E-state index contributed by atoms with van der Waals surface area (Å²) in [5, 5.41) is 2.45. The minimum absolute atomic E-state index is 0.0955. The lowest BCUT2D eigenvalue weighted by Gasteiger charge is -2.24. The second-order valence-corrected chi connectivity index (χ2v) is 5.45. The fourth-order valence-electron chi connectivity index (χ4n) is 2.73. The summed E-state index contributed by atoms with van der Waals surface area (Å²) in [6.45, 7) is 0.241. The van der Waals surface area contributed by atoms with Gasteiger partial charge in [-0.3, -0.25) is 14.4 Å². The summed E-state index contributed by atoms with van der Waals surface area (Å²) in [7, 11) is 0. The number of benzene rings is 1. The molecule has 122 valence electrons. The second-order valence-electron chi connectivity index (χ2n) is 5.45. The predicted octanol–water partition coefficient (Wildman–Crippen LogP) is -0.492. The number of nitrogens with one attached hydrogen (secondary N) is 1. The molecule has 2 aliphatic rings. The van der Waals surface area contributed by atoms with E-state index in [1.165, 1.54) is 4.90 Å². The molecule has 2 aliphatic heterocycles. The lowest BCUT2D eigenvalue weighted by atomic mass is 10.1. The molecule has 8 heteroatoms. The lowest BCUT2D eigenvalue weighted by Crippen LogP contribution is -2.46. The number of primary amides is 1. The van der Waals surface area contributed by atoms with Gasteiger partial charge in [-0.05, 0) is 24.1 Å². The monoisotopic (exact) mass is 319 g/mol. The summed E-state index contributed by atoms with van der Waals surface area (Å²) in [6, 6.07) is 4.82. The van der Waals surface area contributed by atoms with E-state index in [0.29, 0.717) is 30.9 Å². The number of ether oxygens (including phenoxy) is 2. The van der Waals surface area contributed by atoms with E-state index in [4.69, 9.17) is 15.2 Å². The molecule has 0 saturated carbocycles. The van der Waals surface area contributed by atoms with Crippen molar-refractivity contribution in [1.29, 1.82) is 0 Å². The van der Waals surface area contributed by atoms with Crippen molar-refractivity contribution in [3.05, 3.63) is 23.8 Å². The van der Waals surface area contributed by atoms with E-state index in [9.17, 15) is 14.4 Å². The van der Waals surface area contributed by atoms with Crippen LogP contribution in [0.4, 0.5) is 0 Å². The molecular formula is C15H17N3O5. The van der Waals surface area contributed by atoms with Crippen molar-refractivity contribution >= 4 is 17.7 Å². The summed E-state index contributed by atoms with van der Waals surface area (Å²) in [4.78, 5) is 36.5.